The lowest BCUT2D eigenvalue weighted by Crippen LogP contribution is -2.01. The molecule has 0 radical (unpaired) electrons. The van der Waals surface area contributed by atoms with E-state index in [-0.39, 0.29) is 5.92 Å². The topological polar surface area (TPSA) is 35.0 Å². The van der Waals surface area contributed by atoms with Crippen LogP contribution in [-0.2, 0) is 0 Å². The maximum atomic E-state index is 6.25. The molecular formula is C16H19ClN2O. The van der Waals surface area contributed by atoms with E-state index in [2.05, 4.69) is 36.8 Å². The Kier molecular flexibility index (Phi) is 4.29. The molecule has 0 aliphatic carbocycles. The molecule has 1 aromatic carbocycles. The van der Waals surface area contributed by atoms with Gasteiger partial charge in [-0.25, -0.2) is 9.97 Å². The van der Waals surface area contributed by atoms with Gasteiger partial charge in [-0.05, 0) is 43.0 Å². The largest absolute Gasteiger partial charge is 0.496 e. The zero-order valence-corrected chi connectivity index (χ0v) is 13.2. The van der Waals surface area contributed by atoms with Crippen molar-refractivity contribution in [3.05, 3.63) is 40.3 Å². The van der Waals surface area contributed by atoms with Crippen LogP contribution in [0.15, 0.2) is 18.5 Å². The average Bonchev–Trinajstić information content (AvgIpc) is 2.40. The van der Waals surface area contributed by atoms with Crippen molar-refractivity contribution in [1.82, 2.24) is 9.97 Å². The Morgan fingerprint density at radius 3 is 2.40 bits per heavy atom. The zero-order valence-electron chi connectivity index (χ0n) is 12.5. The van der Waals surface area contributed by atoms with Crippen LogP contribution in [0.4, 0.5) is 0 Å². The van der Waals surface area contributed by atoms with Gasteiger partial charge in [0.15, 0.2) is 0 Å². The highest BCUT2D eigenvalue weighted by atomic mass is 35.5. The number of aryl methyl sites for hydroxylation is 2. The molecule has 0 spiro atoms. The lowest BCUT2D eigenvalue weighted by molar-refractivity contribution is 0.411. The van der Waals surface area contributed by atoms with Crippen molar-refractivity contribution in [1.29, 1.82) is 0 Å². The summed E-state index contributed by atoms with van der Waals surface area (Å²) in [5.74, 6) is 1.15. The van der Waals surface area contributed by atoms with Gasteiger partial charge in [0.2, 0.25) is 0 Å². The van der Waals surface area contributed by atoms with E-state index in [4.69, 9.17) is 16.3 Å². The molecule has 0 aliphatic heterocycles. The lowest BCUT2D eigenvalue weighted by Gasteiger charge is -2.16. The van der Waals surface area contributed by atoms with Gasteiger partial charge in [0.05, 0.1) is 12.8 Å². The Morgan fingerprint density at radius 2 is 1.80 bits per heavy atom. The van der Waals surface area contributed by atoms with Gasteiger partial charge in [-0.3, -0.25) is 0 Å². The number of nitrogens with zero attached hydrogens (tertiary/aromatic N) is 2. The summed E-state index contributed by atoms with van der Waals surface area (Å²) in [6.07, 6.45) is 1.52. The van der Waals surface area contributed by atoms with Crippen LogP contribution in [0.2, 0.25) is 5.15 Å². The van der Waals surface area contributed by atoms with E-state index in [1.807, 2.05) is 13.0 Å². The fourth-order valence-corrected chi connectivity index (χ4v) is 2.72. The molecular weight excluding hydrogens is 272 g/mol. The van der Waals surface area contributed by atoms with E-state index in [1.165, 1.54) is 6.33 Å². The average molecular weight is 291 g/mol. The summed E-state index contributed by atoms with van der Waals surface area (Å²) in [7, 11) is 1.68. The molecule has 106 valence electrons. The molecule has 4 heteroatoms. The second-order valence-electron chi connectivity index (χ2n) is 5.22. The Labute approximate surface area is 125 Å². The quantitative estimate of drug-likeness (QED) is 0.778. The van der Waals surface area contributed by atoms with E-state index in [9.17, 15) is 0 Å². The van der Waals surface area contributed by atoms with Gasteiger partial charge < -0.3 is 4.74 Å². The van der Waals surface area contributed by atoms with Gasteiger partial charge >= 0.3 is 0 Å². The zero-order chi connectivity index (χ0) is 14.9. The number of halogens is 1. The number of methoxy groups -OCH3 is 1. The van der Waals surface area contributed by atoms with Crippen molar-refractivity contribution in [3.8, 4) is 17.0 Å². The van der Waals surface area contributed by atoms with Crippen LogP contribution in [0.25, 0.3) is 11.3 Å². The second-order valence-corrected chi connectivity index (χ2v) is 5.58. The molecule has 0 bridgehead atoms. The second kappa shape index (κ2) is 5.80. The van der Waals surface area contributed by atoms with Crippen molar-refractivity contribution in [2.24, 2.45) is 0 Å². The van der Waals surface area contributed by atoms with Crippen molar-refractivity contribution >= 4 is 11.6 Å². The smallest absolute Gasteiger partial charge is 0.136 e. The summed E-state index contributed by atoms with van der Waals surface area (Å²) in [5, 5.41) is 0.526. The van der Waals surface area contributed by atoms with Gasteiger partial charge in [-0.2, -0.15) is 0 Å². The molecule has 0 amide bonds. The molecule has 0 aliphatic rings. The molecule has 2 aromatic rings. The Morgan fingerprint density at radius 1 is 1.10 bits per heavy atom. The molecule has 0 atom stereocenters. The first-order chi connectivity index (χ1) is 9.45. The van der Waals surface area contributed by atoms with E-state index in [1.54, 1.807) is 7.11 Å². The Hall–Kier alpha value is -1.61. The maximum Gasteiger partial charge on any atom is 0.136 e. The SMILES string of the molecule is COc1cc(C)c(-c2ncnc(Cl)c2C(C)C)cc1C. The first-order valence-corrected chi connectivity index (χ1v) is 6.99. The van der Waals surface area contributed by atoms with Crippen LogP contribution in [0, 0.1) is 13.8 Å². The number of hydrogen-bond acceptors (Lipinski definition) is 3. The lowest BCUT2D eigenvalue weighted by atomic mass is 9.94. The summed E-state index contributed by atoms with van der Waals surface area (Å²) in [5.41, 5.74) is 5.17. The van der Waals surface area contributed by atoms with Crippen molar-refractivity contribution in [2.45, 2.75) is 33.6 Å². The molecule has 0 saturated heterocycles. The highest BCUT2D eigenvalue weighted by molar-refractivity contribution is 6.30. The molecule has 3 nitrogen and oxygen atoms in total. The first kappa shape index (κ1) is 14.8. The number of rotatable bonds is 3. The van der Waals surface area contributed by atoms with Gasteiger partial charge in [0, 0.05) is 11.1 Å². The van der Waals surface area contributed by atoms with Gasteiger partial charge in [-0.15, -0.1) is 0 Å². The molecule has 1 heterocycles. The highest BCUT2D eigenvalue weighted by Crippen LogP contribution is 2.35. The normalized spacial score (nSPS) is 10.9. The van der Waals surface area contributed by atoms with E-state index in [0.717, 1.165) is 33.7 Å². The van der Waals surface area contributed by atoms with Crippen LogP contribution < -0.4 is 4.74 Å². The number of hydrogen-bond donors (Lipinski definition) is 0. The van der Waals surface area contributed by atoms with E-state index >= 15 is 0 Å². The number of aromatic nitrogens is 2. The Bertz CT molecular complexity index is 639. The molecule has 0 N–H and O–H groups in total. The molecule has 2 rings (SSSR count). The van der Waals surface area contributed by atoms with E-state index < -0.39 is 0 Å². The monoisotopic (exact) mass is 290 g/mol. The summed E-state index contributed by atoms with van der Waals surface area (Å²) in [4.78, 5) is 8.55. The molecule has 0 saturated carbocycles. The Balaban J connectivity index is 2.69. The minimum Gasteiger partial charge on any atom is -0.496 e. The highest BCUT2D eigenvalue weighted by Gasteiger charge is 2.17. The molecule has 20 heavy (non-hydrogen) atoms. The predicted octanol–water partition coefficient (Wildman–Crippen LogP) is 4.55. The van der Waals surface area contributed by atoms with Crippen molar-refractivity contribution in [2.75, 3.05) is 7.11 Å². The summed E-state index contributed by atoms with van der Waals surface area (Å²) >= 11 is 6.25. The van der Waals surface area contributed by atoms with Crippen LogP contribution in [0.1, 0.15) is 36.5 Å². The third-order valence-corrected chi connectivity index (χ3v) is 3.71. The minimum atomic E-state index is 0.264. The third-order valence-electron chi connectivity index (χ3n) is 3.41. The molecule has 0 fully saturated rings. The summed E-state index contributed by atoms with van der Waals surface area (Å²) < 4.78 is 5.36. The minimum absolute atomic E-state index is 0.264. The third kappa shape index (κ3) is 2.63. The van der Waals surface area contributed by atoms with Crippen LogP contribution in [-0.4, -0.2) is 17.1 Å². The maximum absolute atomic E-state index is 6.25. The summed E-state index contributed by atoms with van der Waals surface area (Å²) in [6.45, 7) is 8.27. The number of ether oxygens (including phenoxy) is 1. The van der Waals surface area contributed by atoms with Crippen LogP contribution in [0.5, 0.6) is 5.75 Å². The van der Waals surface area contributed by atoms with Crippen LogP contribution >= 0.6 is 11.6 Å². The standard InChI is InChI=1S/C16H19ClN2O/c1-9(2)14-15(18-8-19-16(14)17)12-6-11(4)13(20-5)7-10(12)3/h6-9H,1-5H3. The number of benzene rings is 1. The van der Waals surface area contributed by atoms with Crippen LogP contribution in [0.3, 0.4) is 0 Å². The van der Waals surface area contributed by atoms with Crippen molar-refractivity contribution in [3.63, 3.8) is 0 Å². The molecule has 1 aromatic heterocycles. The van der Waals surface area contributed by atoms with Gasteiger partial charge in [0.25, 0.3) is 0 Å². The summed E-state index contributed by atoms with van der Waals surface area (Å²) in [6, 6.07) is 4.13. The van der Waals surface area contributed by atoms with E-state index in [0.29, 0.717) is 5.15 Å². The predicted molar refractivity (Wildman–Crippen MR) is 82.6 cm³/mol. The first-order valence-electron chi connectivity index (χ1n) is 6.61. The fourth-order valence-electron chi connectivity index (χ4n) is 2.37. The van der Waals surface area contributed by atoms with Gasteiger partial charge in [-0.1, -0.05) is 25.4 Å². The fraction of sp³-hybridized carbons (Fsp3) is 0.375. The molecule has 0 unspecified atom stereocenters. The van der Waals surface area contributed by atoms with Gasteiger partial charge in [0.1, 0.15) is 17.2 Å². The van der Waals surface area contributed by atoms with Crippen molar-refractivity contribution < 1.29 is 4.74 Å².